The normalized spacial score (nSPS) is 9.81. The van der Waals surface area contributed by atoms with Crippen LogP contribution in [0.25, 0.3) is 0 Å². The molecule has 0 saturated heterocycles. The van der Waals surface area contributed by atoms with Crippen molar-refractivity contribution in [2.24, 2.45) is 0 Å². The second-order valence-corrected chi connectivity index (χ2v) is 3.80. The lowest BCUT2D eigenvalue weighted by atomic mass is 10.3. The number of nitrogens with one attached hydrogen (secondary N) is 1. The Bertz CT molecular complexity index is 479. The number of hydrogen-bond acceptors (Lipinski definition) is 3. The van der Waals surface area contributed by atoms with Crippen molar-refractivity contribution in [3.05, 3.63) is 54.0 Å². The smallest absolute Gasteiger partial charge is 0.130 e. The fourth-order valence-corrected chi connectivity index (χ4v) is 1.44. The molecule has 0 radical (unpaired) electrons. The monoisotopic (exact) mass is 229 g/mol. The summed E-state index contributed by atoms with van der Waals surface area (Å²) < 4.78 is 0. The Morgan fingerprint density at radius 2 is 2.06 bits per heavy atom. The molecule has 2 aromatic heterocycles. The average Bonchev–Trinajstić information content (AvgIpc) is 2.33. The zero-order chi connectivity index (χ0) is 11.4. The van der Waals surface area contributed by atoms with E-state index in [0.717, 1.165) is 17.1 Å². The number of aryl methyl sites for hydroxylation is 1. The van der Waals surface area contributed by atoms with Gasteiger partial charge in [-0.3, -0.25) is 4.98 Å². The van der Waals surface area contributed by atoms with Gasteiger partial charge in [-0.25, -0.2) is 4.98 Å². The van der Waals surface area contributed by atoms with Gasteiger partial charge in [0.25, 0.3) is 0 Å². The van der Waals surface area contributed by atoms with Crippen molar-refractivity contribution >= 4 is 23.0 Å². The Kier molecular flexibility index (Phi) is 3.22. The van der Waals surface area contributed by atoms with Crippen LogP contribution in [-0.2, 0) is 0 Å². The van der Waals surface area contributed by atoms with Crippen molar-refractivity contribution in [2.75, 3.05) is 5.32 Å². The second kappa shape index (κ2) is 4.81. The van der Waals surface area contributed by atoms with Gasteiger partial charge in [0.15, 0.2) is 0 Å². The number of hydrogen-bond donors (Lipinski definition) is 1. The lowest BCUT2D eigenvalue weighted by Gasteiger charge is -2.06. The molecule has 0 spiro atoms. The highest BCUT2D eigenvalue weighted by Gasteiger charge is 2.02. The van der Waals surface area contributed by atoms with Crippen molar-refractivity contribution < 1.29 is 0 Å². The van der Waals surface area contributed by atoms with Gasteiger partial charge < -0.3 is 5.32 Å². The molecule has 2 rings (SSSR count). The molecule has 0 unspecified atom stereocenters. The zero-order valence-electron chi connectivity index (χ0n) is 8.84. The SMILES string of the molecule is Cc1ccc(NC(=S)c2ccccn2)nc1. The largest absolute Gasteiger partial charge is 0.330 e. The van der Waals surface area contributed by atoms with Crippen LogP contribution in [0.4, 0.5) is 5.82 Å². The molecule has 0 amide bonds. The summed E-state index contributed by atoms with van der Waals surface area (Å²) >= 11 is 5.22. The molecule has 1 N–H and O–H groups in total. The standard InChI is InChI=1S/C12H11N3S/c1-9-5-6-11(14-8-9)15-12(16)10-4-2-3-7-13-10/h2-8H,1H3,(H,14,15,16). The first-order chi connectivity index (χ1) is 7.75. The minimum atomic E-state index is 0.581. The Balaban J connectivity index is 2.11. The predicted molar refractivity (Wildman–Crippen MR) is 68.5 cm³/mol. The molecule has 0 aromatic carbocycles. The Morgan fingerprint density at radius 3 is 2.69 bits per heavy atom. The summed E-state index contributed by atoms with van der Waals surface area (Å²) in [4.78, 5) is 8.96. The number of anilines is 1. The summed E-state index contributed by atoms with van der Waals surface area (Å²) in [7, 11) is 0. The maximum atomic E-state index is 5.22. The van der Waals surface area contributed by atoms with Crippen molar-refractivity contribution in [3.63, 3.8) is 0 Å². The van der Waals surface area contributed by atoms with Crippen LogP contribution in [0.5, 0.6) is 0 Å². The summed E-state index contributed by atoms with van der Waals surface area (Å²) in [6, 6.07) is 9.50. The number of nitrogens with zero attached hydrogens (tertiary/aromatic N) is 2. The minimum Gasteiger partial charge on any atom is -0.330 e. The lowest BCUT2D eigenvalue weighted by molar-refractivity contribution is 1.26. The number of aromatic nitrogens is 2. The van der Waals surface area contributed by atoms with Gasteiger partial charge in [0.1, 0.15) is 10.8 Å². The first kappa shape index (κ1) is 10.7. The fraction of sp³-hybridized carbons (Fsp3) is 0.0833. The molecule has 2 aromatic rings. The first-order valence-electron chi connectivity index (χ1n) is 4.91. The third kappa shape index (κ3) is 2.61. The van der Waals surface area contributed by atoms with Crippen LogP contribution in [0.1, 0.15) is 11.3 Å². The quantitative estimate of drug-likeness (QED) is 0.803. The van der Waals surface area contributed by atoms with E-state index in [9.17, 15) is 0 Å². The highest BCUT2D eigenvalue weighted by atomic mass is 32.1. The topological polar surface area (TPSA) is 37.8 Å². The summed E-state index contributed by atoms with van der Waals surface area (Å²) in [6.07, 6.45) is 3.51. The maximum Gasteiger partial charge on any atom is 0.130 e. The van der Waals surface area contributed by atoms with E-state index in [1.165, 1.54) is 0 Å². The number of pyridine rings is 2. The van der Waals surface area contributed by atoms with Gasteiger partial charge in [0.2, 0.25) is 0 Å². The van der Waals surface area contributed by atoms with Crippen molar-refractivity contribution in [1.29, 1.82) is 0 Å². The minimum absolute atomic E-state index is 0.581. The second-order valence-electron chi connectivity index (χ2n) is 3.39. The zero-order valence-corrected chi connectivity index (χ0v) is 9.66. The van der Waals surface area contributed by atoms with Crippen LogP contribution in [0.2, 0.25) is 0 Å². The Morgan fingerprint density at radius 1 is 1.19 bits per heavy atom. The van der Waals surface area contributed by atoms with E-state index < -0.39 is 0 Å². The van der Waals surface area contributed by atoms with Crippen molar-refractivity contribution in [2.45, 2.75) is 6.92 Å². The highest BCUT2D eigenvalue weighted by Crippen LogP contribution is 2.06. The van der Waals surface area contributed by atoms with Gasteiger partial charge >= 0.3 is 0 Å². The van der Waals surface area contributed by atoms with Crippen LogP contribution >= 0.6 is 12.2 Å². The molecule has 0 aliphatic carbocycles. The molecule has 0 saturated carbocycles. The number of rotatable bonds is 2. The summed E-state index contributed by atoms with van der Waals surface area (Å²) in [6.45, 7) is 1.99. The van der Waals surface area contributed by atoms with E-state index >= 15 is 0 Å². The highest BCUT2D eigenvalue weighted by molar-refractivity contribution is 7.81. The molecule has 16 heavy (non-hydrogen) atoms. The summed E-state index contributed by atoms with van der Waals surface area (Å²) in [5.74, 6) is 0.737. The van der Waals surface area contributed by atoms with E-state index in [-0.39, 0.29) is 0 Å². The average molecular weight is 229 g/mol. The van der Waals surface area contributed by atoms with Gasteiger partial charge in [0.05, 0.1) is 5.69 Å². The van der Waals surface area contributed by atoms with Gasteiger partial charge in [-0.1, -0.05) is 24.4 Å². The van der Waals surface area contributed by atoms with E-state index in [1.807, 2.05) is 37.3 Å². The lowest BCUT2D eigenvalue weighted by Crippen LogP contribution is -2.12. The molecule has 0 bridgehead atoms. The van der Waals surface area contributed by atoms with Crippen LogP contribution in [0.15, 0.2) is 42.7 Å². The van der Waals surface area contributed by atoms with Crippen LogP contribution < -0.4 is 5.32 Å². The summed E-state index contributed by atoms with van der Waals surface area (Å²) in [5.41, 5.74) is 1.87. The van der Waals surface area contributed by atoms with Crippen LogP contribution in [-0.4, -0.2) is 15.0 Å². The first-order valence-corrected chi connectivity index (χ1v) is 5.31. The third-order valence-electron chi connectivity index (χ3n) is 2.05. The molecular weight excluding hydrogens is 218 g/mol. The van der Waals surface area contributed by atoms with E-state index in [4.69, 9.17) is 12.2 Å². The fourth-order valence-electron chi connectivity index (χ4n) is 1.22. The third-order valence-corrected chi connectivity index (χ3v) is 2.36. The molecule has 4 heteroatoms. The van der Waals surface area contributed by atoms with Gasteiger partial charge in [0, 0.05) is 12.4 Å². The van der Waals surface area contributed by atoms with E-state index in [2.05, 4.69) is 15.3 Å². The number of thiocarbonyl (C=S) groups is 1. The maximum absolute atomic E-state index is 5.22. The van der Waals surface area contributed by atoms with Crippen LogP contribution in [0.3, 0.4) is 0 Å². The Hall–Kier alpha value is -1.81. The molecule has 0 aliphatic heterocycles. The summed E-state index contributed by atoms with van der Waals surface area (Å²) in [5, 5.41) is 3.04. The molecule has 0 aliphatic rings. The molecule has 3 nitrogen and oxygen atoms in total. The van der Waals surface area contributed by atoms with Crippen molar-refractivity contribution in [1.82, 2.24) is 9.97 Å². The molecule has 0 atom stereocenters. The molecular formula is C12H11N3S. The van der Waals surface area contributed by atoms with Gasteiger partial charge in [-0.15, -0.1) is 0 Å². The van der Waals surface area contributed by atoms with Gasteiger partial charge in [-0.05, 0) is 30.7 Å². The van der Waals surface area contributed by atoms with Gasteiger partial charge in [-0.2, -0.15) is 0 Å². The predicted octanol–water partition coefficient (Wildman–Crippen LogP) is 2.57. The molecule has 2 heterocycles. The van der Waals surface area contributed by atoms with E-state index in [1.54, 1.807) is 12.4 Å². The van der Waals surface area contributed by atoms with E-state index in [0.29, 0.717) is 4.99 Å². The Labute approximate surface area is 99.6 Å². The van der Waals surface area contributed by atoms with Crippen molar-refractivity contribution in [3.8, 4) is 0 Å². The van der Waals surface area contributed by atoms with Crippen LogP contribution in [0, 0.1) is 6.92 Å². The molecule has 0 fully saturated rings. The molecule has 80 valence electrons.